The lowest BCUT2D eigenvalue weighted by Gasteiger charge is -2.17. The highest BCUT2D eigenvalue weighted by Crippen LogP contribution is 2.40. The summed E-state index contributed by atoms with van der Waals surface area (Å²) < 4.78 is 48.9. The van der Waals surface area contributed by atoms with Gasteiger partial charge in [-0.2, -0.15) is 0 Å². The molecular weight excluding hydrogens is 469 g/mol. The number of nitrogens with one attached hydrogen (secondary N) is 1. The Balaban J connectivity index is 1.55. The molecule has 3 N–H and O–H groups in total. The summed E-state index contributed by atoms with van der Waals surface area (Å²) >= 11 is 0. The summed E-state index contributed by atoms with van der Waals surface area (Å²) in [4.78, 5) is 12.5. The number of nitrogens with two attached hydrogens (primary N) is 1. The fourth-order valence-electron chi connectivity index (χ4n) is 3.92. The molecule has 0 bridgehead atoms. The summed E-state index contributed by atoms with van der Waals surface area (Å²) in [6.07, 6.45) is 5.81. The van der Waals surface area contributed by atoms with Crippen molar-refractivity contribution >= 4 is 32.4 Å². The number of rotatable bonds is 8. The van der Waals surface area contributed by atoms with Gasteiger partial charge in [0.1, 0.15) is 11.6 Å². The maximum absolute atomic E-state index is 14.8. The van der Waals surface area contributed by atoms with Crippen LogP contribution >= 0.6 is 0 Å². The number of aryl methyl sites for hydroxylation is 1. The summed E-state index contributed by atoms with van der Waals surface area (Å²) in [5.41, 5.74) is 7.56. The summed E-state index contributed by atoms with van der Waals surface area (Å²) in [7, 11) is -3.70. The van der Waals surface area contributed by atoms with Gasteiger partial charge >= 0.3 is 0 Å². The minimum absolute atomic E-state index is 0.0396. The molecule has 4 aromatic rings. The number of benzene rings is 2. The first-order chi connectivity index (χ1) is 16.8. The van der Waals surface area contributed by atoms with Gasteiger partial charge in [0.25, 0.3) is 0 Å². The van der Waals surface area contributed by atoms with Crippen LogP contribution in [0.15, 0.2) is 54.9 Å². The normalized spacial score (nSPS) is 13.7. The molecule has 2 aromatic heterocycles. The standard InChI is InChI=1S/C25H24FN5O3S/c1-15-4-7-17-18(8-9-20(26)22(17)31-35(32,33)14-11-16-5-6-16)23(15)34-24-19(3-2-12-28-24)21-10-13-29-25(27)30-21/h2-4,7-10,12-13,16,31H,5-6,11,14H2,1H3,(H2,27,29,30). The second-order valence-corrected chi connectivity index (χ2v) is 10.5. The Morgan fingerprint density at radius 1 is 1.09 bits per heavy atom. The van der Waals surface area contributed by atoms with Crippen LogP contribution in [0.4, 0.5) is 16.0 Å². The van der Waals surface area contributed by atoms with Crippen LogP contribution in [0.5, 0.6) is 11.6 Å². The van der Waals surface area contributed by atoms with Crippen LogP contribution in [0.2, 0.25) is 0 Å². The number of pyridine rings is 1. The van der Waals surface area contributed by atoms with Crippen molar-refractivity contribution in [2.45, 2.75) is 26.2 Å². The molecule has 35 heavy (non-hydrogen) atoms. The molecule has 0 amide bonds. The number of aromatic nitrogens is 3. The van der Waals surface area contributed by atoms with Gasteiger partial charge < -0.3 is 10.5 Å². The first-order valence-electron chi connectivity index (χ1n) is 11.2. The first kappa shape index (κ1) is 23.0. The second-order valence-electron chi connectivity index (χ2n) is 8.64. The van der Waals surface area contributed by atoms with Gasteiger partial charge in [-0.05, 0) is 55.2 Å². The van der Waals surface area contributed by atoms with Gasteiger partial charge in [-0.25, -0.2) is 27.8 Å². The van der Waals surface area contributed by atoms with E-state index in [-0.39, 0.29) is 23.3 Å². The number of nitrogen functional groups attached to an aromatic ring is 1. The van der Waals surface area contributed by atoms with Crippen LogP contribution in [-0.2, 0) is 10.0 Å². The number of ether oxygens (including phenoxy) is 1. The van der Waals surface area contributed by atoms with Gasteiger partial charge in [0, 0.05) is 23.2 Å². The zero-order valence-corrected chi connectivity index (χ0v) is 19.8. The van der Waals surface area contributed by atoms with E-state index in [0.29, 0.717) is 40.1 Å². The molecule has 2 aromatic carbocycles. The van der Waals surface area contributed by atoms with Crippen molar-refractivity contribution in [1.82, 2.24) is 15.0 Å². The highest BCUT2D eigenvalue weighted by molar-refractivity contribution is 7.92. The van der Waals surface area contributed by atoms with E-state index in [1.807, 2.05) is 6.92 Å². The predicted molar refractivity (Wildman–Crippen MR) is 133 cm³/mol. The molecule has 1 aliphatic carbocycles. The van der Waals surface area contributed by atoms with Gasteiger partial charge in [-0.1, -0.05) is 25.0 Å². The van der Waals surface area contributed by atoms with Crippen molar-refractivity contribution in [3.63, 3.8) is 0 Å². The highest BCUT2D eigenvalue weighted by atomic mass is 32.2. The smallest absolute Gasteiger partial charge is 0.232 e. The molecule has 10 heteroatoms. The minimum Gasteiger partial charge on any atom is -0.437 e. The van der Waals surface area contributed by atoms with E-state index in [2.05, 4.69) is 19.7 Å². The van der Waals surface area contributed by atoms with Crippen molar-refractivity contribution in [3.05, 3.63) is 66.2 Å². The number of fused-ring (bicyclic) bond motifs is 1. The third kappa shape index (κ3) is 5.02. The molecule has 0 radical (unpaired) electrons. The molecule has 8 nitrogen and oxygen atoms in total. The van der Waals surface area contributed by atoms with E-state index >= 15 is 0 Å². The molecule has 0 aliphatic heterocycles. The fourth-order valence-corrected chi connectivity index (χ4v) is 5.19. The molecule has 1 saturated carbocycles. The average molecular weight is 494 g/mol. The van der Waals surface area contributed by atoms with E-state index in [4.69, 9.17) is 10.5 Å². The second kappa shape index (κ2) is 9.10. The van der Waals surface area contributed by atoms with Crippen LogP contribution < -0.4 is 15.2 Å². The molecule has 0 unspecified atom stereocenters. The monoisotopic (exact) mass is 493 g/mol. The number of halogens is 1. The lowest BCUT2D eigenvalue weighted by atomic mass is 10.0. The summed E-state index contributed by atoms with van der Waals surface area (Å²) in [5.74, 6) is 0.580. The number of nitrogens with zero attached hydrogens (tertiary/aromatic N) is 3. The van der Waals surface area contributed by atoms with Crippen molar-refractivity contribution < 1.29 is 17.5 Å². The number of sulfonamides is 1. The quantitative estimate of drug-likeness (QED) is 0.352. The SMILES string of the molecule is Cc1ccc2c(NS(=O)(=O)CCC3CC3)c(F)ccc2c1Oc1ncccc1-c1ccnc(N)n1. The van der Waals surface area contributed by atoms with Crippen molar-refractivity contribution in [1.29, 1.82) is 0 Å². The number of hydrogen-bond donors (Lipinski definition) is 2. The highest BCUT2D eigenvalue weighted by Gasteiger charge is 2.25. The third-order valence-electron chi connectivity index (χ3n) is 5.97. The van der Waals surface area contributed by atoms with Crippen molar-refractivity contribution in [2.24, 2.45) is 5.92 Å². The third-order valence-corrected chi connectivity index (χ3v) is 7.26. The van der Waals surface area contributed by atoms with E-state index in [0.717, 1.165) is 18.4 Å². The zero-order chi connectivity index (χ0) is 24.6. The van der Waals surface area contributed by atoms with Gasteiger partial charge in [-0.15, -0.1) is 0 Å². The lowest BCUT2D eigenvalue weighted by Crippen LogP contribution is -2.18. The summed E-state index contributed by atoms with van der Waals surface area (Å²) in [5, 5.41) is 0.939. The van der Waals surface area contributed by atoms with Crippen LogP contribution in [0, 0.1) is 18.7 Å². The number of anilines is 2. The van der Waals surface area contributed by atoms with E-state index in [1.165, 1.54) is 6.07 Å². The van der Waals surface area contributed by atoms with Crippen LogP contribution in [-0.4, -0.2) is 29.1 Å². The zero-order valence-electron chi connectivity index (χ0n) is 19.0. The van der Waals surface area contributed by atoms with Gasteiger partial charge in [0.05, 0.1) is 22.7 Å². The average Bonchev–Trinajstić information content (AvgIpc) is 3.66. The Labute approximate surface area is 202 Å². The molecule has 180 valence electrons. The fraction of sp³-hybridized carbons (Fsp3) is 0.240. The molecule has 0 atom stereocenters. The summed E-state index contributed by atoms with van der Waals surface area (Å²) in [6, 6.07) is 11.5. The van der Waals surface area contributed by atoms with Gasteiger partial charge in [-0.3, -0.25) is 4.72 Å². The molecular formula is C25H24FN5O3S. The van der Waals surface area contributed by atoms with E-state index in [9.17, 15) is 12.8 Å². The Morgan fingerprint density at radius 2 is 1.89 bits per heavy atom. The Morgan fingerprint density at radius 3 is 2.66 bits per heavy atom. The van der Waals surface area contributed by atoms with E-state index < -0.39 is 15.8 Å². The topological polar surface area (TPSA) is 120 Å². The summed E-state index contributed by atoms with van der Waals surface area (Å²) in [6.45, 7) is 1.85. The minimum atomic E-state index is -3.70. The van der Waals surface area contributed by atoms with Crippen LogP contribution in [0.3, 0.4) is 0 Å². The lowest BCUT2D eigenvalue weighted by molar-refractivity contribution is 0.466. The molecule has 0 spiro atoms. The van der Waals surface area contributed by atoms with Crippen LogP contribution in [0.25, 0.3) is 22.0 Å². The Kier molecular flexibility index (Phi) is 5.98. The Bertz CT molecular complexity index is 1520. The first-order valence-corrected chi connectivity index (χ1v) is 12.9. The van der Waals surface area contributed by atoms with E-state index in [1.54, 1.807) is 48.8 Å². The predicted octanol–water partition coefficient (Wildman–Crippen LogP) is 5.06. The van der Waals surface area contributed by atoms with Crippen molar-refractivity contribution in [2.75, 3.05) is 16.2 Å². The molecule has 2 heterocycles. The van der Waals surface area contributed by atoms with Gasteiger partial charge in [0.15, 0.2) is 0 Å². The Hall–Kier alpha value is -3.79. The molecule has 1 fully saturated rings. The maximum Gasteiger partial charge on any atom is 0.232 e. The molecule has 0 saturated heterocycles. The molecule has 5 rings (SSSR count). The van der Waals surface area contributed by atoms with Crippen molar-refractivity contribution in [3.8, 4) is 22.9 Å². The maximum atomic E-state index is 14.8. The molecule has 1 aliphatic rings. The largest absolute Gasteiger partial charge is 0.437 e. The number of hydrogen-bond acceptors (Lipinski definition) is 7. The van der Waals surface area contributed by atoms with Crippen LogP contribution in [0.1, 0.15) is 24.8 Å². The van der Waals surface area contributed by atoms with Gasteiger partial charge in [0.2, 0.25) is 21.9 Å².